The zero-order chi connectivity index (χ0) is 13.1. The van der Waals surface area contributed by atoms with Gasteiger partial charge in [0, 0.05) is 25.6 Å². The van der Waals surface area contributed by atoms with Gasteiger partial charge in [-0.1, -0.05) is 6.92 Å². The Kier molecular flexibility index (Phi) is 4.22. The van der Waals surface area contributed by atoms with Crippen LogP contribution in [0.1, 0.15) is 32.6 Å². The molecule has 2 aliphatic rings. The van der Waals surface area contributed by atoms with Gasteiger partial charge in [0.1, 0.15) is 0 Å². The number of aliphatic carboxylic acids is 1. The fourth-order valence-corrected chi connectivity index (χ4v) is 3.07. The summed E-state index contributed by atoms with van der Waals surface area (Å²) in [5, 5.41) is 9.05. The number of likely N-dealkylation sites (tertiary alicyclic amines) is 2. The van der Waals surface area contributed by atoms with Crippen molar-refractivity contribution >= 4 is 11.9 Å². The maximum absolute atomic E-state index is 11.9. The molecule has 2 rings (SSSR count). The predicted molar refractivity (Wildman–Crippen MR) is 67.2 cm³/mol. The van der Waals surface area contributed by atoms with Crippen molar-refractivity contribution in [3.05, 3.63) is 0 Å². The minimum Gasteiger partial charge on any atom is -0.481 e. The summed E-state index contributed by atoms with van der Waals surface area (Å²) in [7, 11) is 0. The quantitative estimate of drug-likeness (QED) is 0.806. The van der Waals surface area contributed by atoms with E-state index in [-0.39, 0.29) is 11.8 Å². The number of carbonyl (C=O) groups is 2. The molecule has 5 heteroatoms. The third-order valence-corrected chi connectivity index (χ3v) is 4.19. The molecule has 2 unspecified atom stereocenters. The summed E-state index contributed by atoms with van der Waals surface area (Å²) >= 11 is 0. The lowest BCUT2D eigenvalue weighted by Gasteiger charge is -2.34. The molecular formula is C13H22N2O3. The van der Waals surface area contributed by atoms with Crippen LogP contribution in [0.5, 0.6) is 0 Å². The molecule has 18 heavy (non-hydrogen) atoms. The number of carbonyl (C=O) groups excluding carboxylic acids is 1. The average molecular weight is 254 g/mol. The van der Waals surface area contributed by atoms with E-state index in [1.165, 1.54) is 6.42 Å². The van der Waals surface area contributed by atoms with Crippen molar-refractivity contribution in [2.75, 3.05) is 26.2 Å². The fourth-order valence-electron chi connectivity index (χ4n) is 3.07. The molecule has 102 valence electrons. The third kappa shape index (κ3) is 2.83. The second-order valence-electron chi connectivity index (χ2n) is 5.30. The number of likely N-dealkylation sites (N-methyl/N-ethyl adjacent to an activating group) is 1. The van der Waals surface area contributed by atoms with Crippen LogP contribution in [0.25, 0.3) is 0 Å². The van der Waals surface area contributed by atoms with Crippen LogP contribution in [0.15, 0.2) is 0 Å². The summed E-state index contributed by atoms with van der Waals surface area (Å²) in [5.41, 5.74) is 0. The number of piperidine rings is 1. The van der Waals surface area contributed by atoms with E-state index in [0.717, 1.165) is 19.5 Å². The first-order valence-electron chi connectivity index (χ1n) is 6.86. The van der Waals surface area contributed by atoms with Crippen LogP contribution >= 0.6 is 0 Å². The van der Waals surface area contributed by atoms with Crippen molar-refractivity contribution < 1.29 is 14.7 Å². The van der Waals surface area contributed by atoms with Crippen LogP contribution in [0, 0.1) is 5.92 Å². The van der Waals surface area contributed by atoms with Crippen LogP contribution in [-0.2, 0) is 9.59 Å². The molecule has 0 aliphatic carbocycles. The lowest BCUT2D eigenvalue weighted by molar-refractivity contribution is -0.147. The van der Waals surface area contributed by atoms with Gasteiger partial charge in [-0.3, -0.25) is 14.5 Å². The van der Waals surface area contributed by atoms with Gasteiger partial charge in [-0.2, -0.15) is 0 Å². The highest BCUT2D eigenvalue weighted by atomic mass is 16.4. The largest absolute Gasteiger partial charge is 0.481 e. The number of carboxylic acid groups (broad SMARTS) is 1. The smallest absolute Gasteiger partial charge is 0.308 e. The van der Waals surface area contributed by atoms with E-state index in [9.17, 15) is 9.59 Å². The maximum atomic E-state index is 11.9. The van der Waals surface area contributed by atoms with Crippen molar-refractivity contribution in [2.24, 2.45) is 5.92 Å². The monoisotopic (exact) mass is 254 g/mol. The van der Waals surface area contributed by atoms with Crippen molar-refractivity contribution in [3.63, 3.8) is 0 Å². The molecule has 1 N–H and O–H groups in total. The first kappa shape index (κ1) is 13.3. The highest BCUT2D eigenvalue weighted by Crippen LogP contribution is 2.22. The highest BCUT2D eigenvalue weighted by molar-refractivity contribution is 5.80. The molecule has 0 radical (unpaired) electrons. The van der Waals surface area contributed by atoms with Gasteiger partial charge in [0.2, 0.25) is 5.91 Å². The Balaban J connectivity index is 1.94. The molecule has 1 amide bonds. The fraction of sp³-hybridized carbons (Fsp3) is 0.846. The molecule has 0 aromatic heterocycles. The third-order valence-electron chi connectivity index (χ3n) is 4.19. The predicted octanol–water partition coefficient (Wildman–Crippen LogP) is 0.794. The van der Waals surface area contributed by atoms with Crippen molar-refractivity contribution in [2.45, 2.75) is 38.6 Å². The van der Waals surface area contributed by atoms with Crippen molar-refractivity contribution in [1.29, 1.82) is 0 Å². The van der Waals surface area contributed by atoms with Gasteiger partial charge >= 0.3 is 5.97 Å². The highest BCUT2D eigenvalue weighted by Gasteiger charge is 2.33. The van der Waals surface area contributed by atoms with Gasteiger partial charge in [0.25, 0.3) is 0 Å². The van der Waals surface area contributed by atoms with E-state index >= 15 is 0 Å². The molecule has 0 saturated carbocycles. The van der Waals surface area contributed by atoms with Gasteiger partial charge in [-0.25, -0.2) is 0 Å². The normalized spacial score (nSPS) is 29.8. The molecule has 2 aliphatic heterocycles. The molecule has 0 aromatic carbocycles. The Morgan fingerprint density at radius 2 is 2.22 bits per heavy atom. The Labute approximate surface area is 108 Å². The van der Waals surface area contributed by atoms with Gasteiger partial charge in [-0.15, -0.1) is 0 Å². The number of hydrogen-bond donors (Lipinski definition) is 1. The standard InChI is InChI=1S/C13H22N2O3/c1-2-14-7-3-4-11(14)9-15-8-10(13(17)18)5-6-12(15)16/h10-11H,2-9H2,1H3,(H,17,18). The summed E-state index contributed by atoms with van der Waals surface area (Å²) in [6.45, 7) is 5.34. The number of carboxylic acids is 1. The number of rotatable bonds is 4. The summed E-state index contributed by atoms with van der Waals surface area (Å²) < 4.78 is 0. The molecule has 2 atom stereocenters. The maximum Gasteiger partial charge on any atom is 0.308 e. The van der Waals surface area contributed by atoms with E-state index in [4.69, 9.17) is 5.11 Å². The van der Waals surface area contributed by atoms with Gasteiger partial charge in [0.15, 0.2) is 0 Å². The number of nitrogens with zero attached hydrogens (tertiary/aromatic N) is 2. The van der Waals surface area contributed by atoms with E-state index in [1.807, 2.05) is 0 Å². The Morgan fingerprint density at radius 3 is 2.89 bits per heavy atom. The molecule has 5 nitrogen and oxygen atoms in total. The first-order chi connectivity index (χ1) is 8.61. The molecule has 0 bridgehead atoms. The molecule has 0 spiro atoms. The second kappa shape index (κ2) is 5.69. The molecule has 2 fully saturated rings. The zero-order valence-electron chi connectivity index (χ0n) is 11.0. The number of amides is 1. The second-order valence-corrected chi connectivity index (χ2v) is 5.30. The zero-order valence-corrected chi connectivity index (χ0v) is 11.0. The molecule has 0 aromatic rings. The van der Waals surface area contributed by atoms with Crippen LogP contribution in [-0.4, -0.2) is 59.0 Å². The Morgan fingerprint density at radius 1 is 1.44 bits per heavy atom. The Bertz CT molecular complexity index is 332. The minimum atomic E-state index is -0.772. The van der Waals surface area contributed by atoms with Gasteiger partial charge in [0.05, 0.1) is 5.92 Å². The lowest BCUT2D eigenvalue weighted by atomic mass is 9.97. The van der Waals surface area contributed by atoms with E-state index < -0.39 is 5.97 Å². The van der Waals surface area contributed by atoms with Gasteiger partial charge < -0.3 is 10.0 Å². The molecule has 2 saturated heterocycles. The van der Waals surface area contributed by atoms with Crippen LogP contribution in [0.2, 0.25) is 0 Å². The van der Waals surface area contributed by atoms with Crippen LogP contribution in [0.3, 0.4) is 0 Å². The minimum absolute atomic E-state index is 0.121. The topological polar surface area (TPSA) is 60.9 Å². The van der Waals surface area contributed by atoms with Crippen molar-refractivity contribution in [3.8, 4) is 0 Å². The van der Waals surface area contributed by atoms with E-state index in [1.54, 1.807) is 4.90 Å². The van der Waals surface area contributed by atoms with Crippen molar-refractivity contribution in [1.82, 2.24) is 9.80 Å². The summed E-state index contributed by atoms with van der Waals surface area (Å²) in [6.07, 6.45) is 3.18. The average Bonchev–Trinajstić information content (AvgIpc) is 2.79. The Hall–Kier alpha value is -1.10. The van der Waals surface area contributed by atoms with E-state index in [2.05, 4.69) is 11.8 Å². The molecular weight excluding hydrogens is 232 g/mol. The molecule has 2 heterocycles. The van der Waals surface area contributed by atoms with Crippen LogP contribution < -0.4 is 0 Å². The van der Waals surface area contributed by atoms with E-state index in [0.29, 0.717) is 32.0 Å². The van der Waals surface area contributed by atoms with Crippen LogP contribution in [0.4, 0.5) is 0 Å². The summed E-state index contributed by atoms with van der Waals surface area (Å²) in [6, 6.07) is 0.423. The number of hydrogen-bond acceptors (Lipinski definition) is 3. The SMILES string of the molecule is CCN1CCCC1CN1CC(C(=O)O)CCC1=O. The summed E-state index contributed by atoms with van der Waals surface area (Å²) in [5.74, 6) is -1.03. The first-order valence-corrected chi connectivity index (χ1v) is 6.86. The summed E-state index contributed by atoms with van der Waals surface area (Å²) in [4.78, 5) is 27.0. The lowest BCUT2D eigenvalue weighted by Crippen LogP contribution is -2.48. The van der Waals surface area contributed by atoms with Gasteiger partial charge in [-0.05, 0) is 32.4 Å².